The summed E-state index contributed by atoms with van der Waals surface area (Å²) in [4.78, 5) is 21.2. The zero-order valence-electron chi connectivity index (χ0n) is 11.4. The first kappa shape index (κ1) is 13.4. The number of likely N-dealkylation sites (tertiary alicyclic amines) is 1. The highest BCUT2D eigenvalue weighted by molar-refractivity contribution is 5.92. The number of hydrogen-bond acceptors (Lipinski definition) is 6. The Morgan fingerprint density at radius 2 is 2.23 bits per heavy atom. The molecular weight excluding hydrogens is 298 g/mol. The van der Waals surface area contributed by atoms with Gasteiger partial charge in [-0.25, -0.2) is 13.8 Å². The molecule has 1 saturated carbocycles. The molecule has 0 radical (unpaired) electrons. The Kier molecular flexibility index (Phi) is 2.78. The summed E-state index contributed by atoms with van der Waals surface area (Å²) in [5.41, 5.74) is -0.0235. The van der Waals surface area contributed by atoms with Gasteiger partial charge in [0, 0.05) is 12.3 Å². The molecule has 0 N–H and O–H groups in total. The molecule has 116 valence electrons. The molecule has 1 aliphatic carbocycles. The summed E-state index contributed by atoms with van der Waals surface area (Å²) in [6.07, 6.45) is 3.61. The van der Waals surface area contributed by atoms with Crippen LogP contribution in [0.5, 0.6) is 0 Å². The van der Waals surface area contributed by atoms with Crippen molar-refractivity contribution >= 4 is 5.91 Å². The second-order valence-corrected chi connectivity index (χ2v) is 5.65. The van der Waals surface area contributed by atoms with Gasteiger partial charge in [-0.3, -0.25) is 4.79 Å². The summed E-state index contributed by atoms with van der Waals surface area (Å²) < 4.78 is 37.4. The fourth-order valence-electron chi connectivity index (χ4n) is 2.61. The minimum atomic E-state index is -3.00. The topological polar surface area (TPSA) is 85.3 Å². The Balaban J connectivity index is 1.63. The van der Waals surface area contributed by atoms with Crippen LogP contribution >= 0.6 is 0 Å². The first-order chi connectivity index (χ1) is 10.5. The van der Waals surface area contributed by atoms with Gasteiger partial charge in [-0.2, -0.15) is 4.98 Å². The van der Waals surface area contributed by atoms with E-state index in [2.05, 4.69) is 15.1 Å². The third-order valence-corrected chi connectivity index (χ3v) is 3.87. The predicted molar refractivity (Wildman–Crippen MR) is 66.1 cm³/mol. The fourth-order valence-corrected chi connectivity index (χ4v) is 2.61. The van der Waals surface area contributed by atoms with Gasteiger partial charge in [-0.05, 0) is 12.8 Å². The summed E-state index contributed by atoms with van der Waals surface area (Å²) in [6, 6.07) is -0.945. The minimum absolute atomic E-state index is 0.0235. The number of carbonyl (C=O) groups excluding carboxylic acids is 1. The normalized spacial score (nSPS) is 23.9. The monoisotopic (exact) mass is 310 g/mol. The van der Waals surface area contributed by atoms with E-state index in [1.807, 2.05) is 0 Å². The smallest absolute Gasteiger partial charge is 0.276 e. The molecule has 1 atom stereocenters. The standard InChI is InChI=1S/C13H12F2N4O3/c14-13(15)3-9(11-17-10(18-22-11)7-1-2-7)19(5-13)12(20)8-4-21-6-16-8/h4,6-7,9H,1-3,5H2/t9-/m0/s1. The van der Waals surface area contributed by atoms with E-state index in [0.717, 1.165) is 30.4 Å². The van der Waals surface area contributed by atoms with Crippen LogP contribution in [-0.4, -0.2) is 38.4 Å². The third kappa shape index (κ3) is 2.26. The Morgan fingerprint density at radius 1 is 1.41 bits per heavy atom. The first-order valence-corrected chi connectivity index (χ1v) is 6.94. The lowest BCUT2D eigenvalue weighted by Crippen LogP contribution is -2.33. The number of aromatic nitrogens is 3. The van der Waals surface area contributed by atoms with Crippen molar-refractivity contribution in [2.45, 2.75) is 37.1 Å². The summed E-state index contributed by atoms with van der Waals surface area (Å²) in [5, 5.41) is 3.82. The lowest BCUT2D eigenvalue weighted by molar-refractivity contribution is 0.0116. The van der Waals surface area contributed by atoms with E-state index >= 15 is 0 Å². The maximum atomic E-state index is 13.8. The maximum absolute atomic E-state index is 13.8. The zero-order chi connectivity index (χ0) is 15.3. The van der Waals surface area contributed by atoms with E-state index < -0.39 is 30.8 Å². The molecule has 2 aliphatic rings. The van der Waals surface area contributed by atoms with Crippen LogP contribution in [0.4, 0.5) is 8.78 Å². The van der Waals surface area contributed by atoms with Crippen LogP contribution < -0.4 is 0 Å². The van der Waals surface area contributed by atoms with Crippen molar-refractivity contribution in [3.63, 3.8) is 0 Å². The number of hydrogen-bond donors (Lipinski definition) is 0. The highest BCUT2D eigenvalue weighted by Crippen LogP contribution is 2.43. The number of rotatable bonds is 3. The molecule has 3 heterocycles. The van der Waals surface area contributed by atoms with Crippen molar-refractivity contribution in [2.75, 3.05) is 6.54 Å². The van der Waals surface area contributed by atoms with Crippen LogP contribution in [0.2, 0.25) is 0 Å². The molecule has 9 heteroatoms. The van der Waals surface area contributed by atoms with Gasteiger partial charge in [0.05, 0.1) is 6.54 Å². The second kappa shape index (κ2) is 4.59. The Bertz CT molecular complexity index is 696. The third-order valence-electron chi connectivity index (χ3n) is 3.87. The molecule has 0 bridgehead atoms. The van der Waals surface area contributed by atoms with Crippen LogP contribution in [0.15, 0.2) is 21.6 Å². The number of nitrogens with zero attached hydrogens (tertiary/aromatic N) is 4. The van der Waals surface area contributed by atoms with E-state index in [1.54, 1.807) is 0 Å². The van der Waals surface area contributed by atoms with Crippen LogP contribution in [0.3, 0.4) is 0 Å². The van der Waals surface area contributed by atoms with Crippen molar-refractivity contribution in [3.05, 3.63) is 30.1 Å². The second-order valence-electron chi connectivity index (χ2n) is 5.65. The first-order valence-electron chi connectivity index (χ1n) is 6.94. The fraction of sp³-hybridized carbons (Fsp3) is 0.538. The molecule has 1 amide bonds. The molecule has 7 nitrogen and oxygen atoms in total. The maximum Gasteiger partial charge on any atom is 0.276 e. The molecule has 2 fully saturated rings. The molecule has 0 spiro atoms. The molecule has 0 aromatic carbocycles. The SMILES string of the molecule is O=C(c1cocn1)N1CC(F)(F)C[C@H]1c1nc(C2CC2)no1. The van der Waals surface area contributed by atoms with Gasteiger partial charge >= 0.3 is 0 Å². The van der Waals surface area contributed by atoms with E-state index in [1.165, 1.54) is 0 Å². The highest BCUT2D eigenvalue weighted by atomic mass is 19.3. The summed E-state index contributed by atoms with van der Waals surface area (Å²) in [6.45, 7) is -0.704. The van der Waals surface area contributed by atoms with Gasteiger partial charge in [0.2, 0.25) is 5.89 Å². The molecule has 2 aromatic heterocycles. The van der Waals surface area contributed by atoms with Gasteiger partial charge in [-0.15, -0.1) is 0 Å². The van der Waals surface area contributed by atoms with Crippen molar-refractivity contribution < 1.29 is 22.5 Å². The van der Waals surface area contributed by atoms with Crippen molar-refractivity contribution in [3.8, 4) is 0 Å². The minimum Gasteiger partial charge on any atom is -0.451 e. The lowest BCUT2D eigenvalue weighted by Gasteiger charge is -2.19. The lowest BCUT2D eigenvalue weighted by atomic mass is 10.2. The van der Waals surface area contributed by atoms with Gasteiger partial charge in [0.1, 0.15) is 12.3 Å². The van der Waals surface area contributed by atoms with E-state index in [9.17, 15) is 13.6 Å². The molecular formula is C13H12F2N4O3. The number of carbonyl (C=O) groups is 1. The quantitative estimate of drug-likeness (QED) is 0.863. The zero-order valence-corrected chi connectivity index (χ0v) is 11.4. The van der Waals surface area contributed by atoms with E-state index in [4.69, 9.17) is 8.94 Å². The van der Waals surface area contributed by atoms with E-state index in [-0.39, 0.29) is 17.5 Å². The number of alkyl halides is 2. The van der Waals surface area contributed by atoms with Gasteiger partial charge in [0.25, 0.3) is 11.8 Å². The summed E-state index contributed by atoms with van der Waals surface area (Å²) in [7, 11) is 0. The molecule has 2 aromatic rings. The van der Waals surface area contributed by atoms with Crippen LogP contribution in [0.25, 0.3) is 0 Å². The van der Waals surface area contributed by atoms with Gasteiger partial charge in [-0.1, -0.05) is 5.16 Å². The molecule has 22 heavy (non-hydrogen) atoms. The van der Waals surface area contributed by atoms with E-state index in [0.29, 0.717) is 5.82 Å². The van der Waals surface area contributed by atoms with Crippen molar-refractivity contribution in [1.82, 2.24) is 20.0 Å². The molecule has 1 saturated heterocycles. The van der Waals surface area contributed by atoms with Gasteiger partial charge in [0.15, 0.2) is 17.9 Å². The predicted octanol–water partition coefficient (Wildman–Crippen LogP) is 2.16. The van der Waals surface area contributed by atoms with Crippen LogP contribution in [0.1, 0.15) is 53.4 Å². The Labute approximate surface area is 123 Å². The van der Waals surface area contributed by atoms with Crippen LogP contribution in [-0.2, 0) is 0 Å². The van der Waals surface area contributed by atoms with Crippen molar-refractivity contribution in [2.24, 2.45) is 0 Å². The van der Waals surface area contributed by atoms with Crippen LogP contribution in [0, 0.1) is 0 Å². The molecule has 0 unspecified atom stereocenters. The highest BCUT2D eigenvalue weighted by Gasteiger charge is 2.50. The molecule has 1 aliphatic heterocycles. The Hall–Kier alpha value is -2.32. The summed E-state index contributed by atoms with van der Waals surface area (Å²) in [5.74, 6) is -2.81. The van der Waals surface area contributed by atoms with Gasteiger partial charge < -0.3 is 13.8 Å². The number of oxazole rings is 1. The molecule has 4 rings (SSSR count). The van der Waals surface area contributed by atoms with Crippen molar-refractivity contribution in [1.29, 1.82) is 0 Å². The average molecular weight is 310 g/mol. The Morgan fingerprint density at radius 3 is 2.91 bits per heavy atom. The summed E-state index contributed by atoms with van der Waals surface area (Å²) >= 11 is 0. The number of halogens is 2. The number of amides is 1. The largest absolute Gasteiger partial charge is 0.451 e. The average Bonchev–Trinajstić information content (AvgIpc) is 2.95.